The fraction of sp³-hybridized carbons (Fsp3) is 0.438. The molecule has 1 unspecified atom stereocenters. The first-order chi connectivity index (χ1) is 10.6. The van der Waals surface area contributed by atoms with Gasteiger partial charge in [-0.2, -0.15) is 0 Å². The highest BCUT2D eigenvalue weighted by atomic mass is 32.1. The molecule has 0 bridgehead atoms. The highest BCUT2D eigenvalue weighted by Crippen LogP contribution is 2.48. The van der Waals surface area contributed by atoms with Crippen LogP contribution in [0.15, 0.2) is 12.3 Å². The summed E-state index contributed by atoms with van der Waals surface area (Å²) in [6.45, 7) is 4.20. The zero-order valence-electron chi connectivity index (χ0n) is 12.9. The molecule has 1 fully saturated rings. The van der Waals surface area contributed by atoms with Gasteiger partial charge in [0, 0.05) is 24.7 Å². The van der Waals surface area contributed by atoms with Gasteiger partial charge in [0.15, 0.2) is 5.82 Å². The molecule has 0 radical (unpaired) electrons. The van der Waals surface area contributed by atoms with Crippen molar-refractivity contribution in [2.45, 2.75) is 32.7 Å². The van der Waals surface area contributed by atoms with Crippen LogP contribution in [-0.4, -0.2) is 22.9 Å². The van der Waals surface area contributed by atoms with Gasteiger partial charge in [-0.1, -0.05) is 0 Å². The van der Waals surface area contributed by atoms with E-state index >= 15 is 0 Å². The van der Waals surface area contributed by atoms with Crippen LogP contribution in [0, 0.1) is 12.8 Å². The molecule has 2 aromatic rings. The van der Waals surface area contributed by atoms with E-state index in [1.54, 1.807) is 17.5 Å². The Morgan fingerprint density at radius 1 is 1.45 bits per heavy atom. The van der Waals surface area contributed by atoms with E-state index in [0.29, 0.717) is 5.82 Å². The summed E-state index contributed by atoms with van der Waals surface area (Å²) in [5, 5.41) is 4.07. The number of hydrogen-bond acceptors (Lipinski definition) is 5. The predicted octanol–water partition coefficient (Wildman–Crippen LogP) is 3.37. The van der Waals surface area contributed by atoms with Crippen molar-refractivity contribution in [3.8, 4) is 11.3 Å². The average molecular weight is 314 g/mol. The lowest BCUT2D eigenvalue weighted by atomic mass is 10.0. The Kier molecular flexibility index (Phi) is 2.97. The zero-order valence-corrected chi connectivity index (χ0v) is 13.7. The lowest BCUT2D eigenvalue weighted by Crippen LogP contribution is -2.28. The third-order valence-corrected chi connectivity index (χ3v) is 5.58. The molecule has 3 heterocycles. The second-order valence-electron chi connectivity index (χ2n) is 6.05. The van der Waals surface area contributed by atoms with Gasteiger partial charge >= 0.3 is 0 Å². The molecule has 1 atom stereocenters. The highest BCUT2D eigenvalue weighted by molar-refractivity contribution is 7.12. The third-order valence-electron chi connectivity index (χ3n) is 4.44. The van der Waals surface area contributed by atoms with Crippen molar-refractivity contribution in [2.75, 3.05) is 17.3 Å². The van der Waals surface area contributed by atoms with Crippen LogP contribution >= 0.6 is 11.3 Å². The van der Waals surface area contributed by atoms with Gasteiger partial charge in [0.2, 0.25) is 5.91 Å². The zero-order chi connectivity index (χ0) is 15.4. The molecule has 4 rings (SSSR count). The number of nitrogens with zero attached hydrogens (tertiary/aromatic N) is 3. The van der Waals surface area contributed by atoms with Crippen LogP contribution in [0.4, 0.5) is 11.5 Å². The van der Waals surface area contributed by atoms with Crippen molar-refractivity contribution in [1.29, 1.82) is 0 Å². The van der Waals surface area contributed by atoms with Gasteiger partial charge in [0.1, 0.15) is 0 Å². The first kappa shape index (κ1) is 13.7. The Hall–Kier alpha value is -1.95. The van der Waals surface area contributed by atoms with Crippen molar-refractivity contribution in [2.24, 2.45) is 5.92 Å². The first-order valence-corrected chi connectivity index (χ1v) is 8.38. The monoisotopic (exact) mass is 314 g/mol. The molecule has 0 spiro atoms. The highest BCUT2D eigenvalue weighted by Gasteiger charge is 2.34. The van der Waals surface area contributed by atoms with Crippen LogP contribution in [0.1, 0.15) is 35.7 Å². The summed E-state index contributed by atoms with van der Waals surface area (Å²) in [4.78, 5) is 24.7. The molecule has 1 aliphatic carbocycles. The Morgan fingerprint density at radius 3 is 2.95 bits per heavy atom. The van der Waals surface area contributed by atoms with Crippen molar-refractivity contribution >= 4 is 28.7 Å². The number of pyridine rings is 1. The van der Waals surface area contributed by atoms with Gasteiger partial charge in [-0.05, 0) is 32.8 Å². The second kappa shape index (κ2) is 4.78. The van der Waals surface area contributed by atoms with Gasteiger partial charge in [-0.3, -0.25) is 4.79 Å². The van der Waals surface area contributed by atoms with E-state index in [1.165, 1.54) is 4.88 Å². The van der Waals surface area contributed by atoms with Crippen molar-refractivity contribution in [3.63, 3.8) is 0 Å². The van der Waals surface area contributed by atoms with Gasteiger partial charge in [-0.25, -0.2) is 9.97 Å². The molecule has 0 saturated heterocycles. The van der Waals surface area contributed by atoms with Crippen molar-refractivity contribution in [1.82, 2.24) is 9.97 Å². The molecule has 0 aromatic carbocycles. The number of anilines is 2. The molecule has 1 amide bonds. The maximum absolute atomic E-state index is 12.1. The maximum Gasteiger partial charge on any atom is 0.228 e. The number of rotatable bonds is 2. The third kappa shape index (κ3) is 2.01. The summed E-state index contributed by atoms with van der Waals surface area (Å²) in [5.41, 5.74) is 3.07. The van der Waals surface area contributed by atoms with Gasteiger partial charge < -0.3 is 10.2 Å². The molecule has 1 aliphatic heterocycles. The van der Waals surface area contributed by atoms with Crippen LogP contribution in [0.3, 0.4) is 0 Å². The summed E-state index contributed by atoms with van der Waals surface area (Å²) >= 11 is 1.74. The number of amides is 1. The standard InChI is InChI=1S/C16H18N4OS/c1-8-14-12(18-9(2)22-14)11-6-7-17-15(13(11)20(8)3)19-16(21)10-4-5-10/h6-8,10H,4-5H2,1-3H3,(H,17,19,21). The fourth-order valence-corrected chi connectivity index (χ4v) is 3.98. The molecular weight excluding hydrogens is 296 g/mol. The van der Waals surface area contributed by atoms with Crippen LogP contribution in [0.25, 0.3) is 11.3 Å². The van der Waals surface area contributed by atoms with Crippen LogP contribution in [0.2, 0.25) is 0 Å². The van der Waals surface area contributed by atoms with E-state index < -0.39 is 0 Å². The SMILES string of the molecule is Cc1nc2c(s1)C(C)N(C)c1c-2ccnc1NC(=O)C1CC1. The summed E-state index contributed by atoms with van der Waals surface area (Å²) < 4.78 is 0. The molecule has 2 aromatic heterocycles. The second-order valence-corrected chi connectivity index (χ2v) is 7.29. The number of aryl methyl sites for hydroxylation is 1. The average Bonchev–Trinajstić information content (AvgIpc) is 3.27. The minimum Gasteiger partial charge on any atom is -0.363 e. The Labute approximate surface area is 133 Å². The number of hydrogen-bond donors (Lipinski definition) is 1. The van der Waals surface area contributed by atoms with E-state index in [0.717, 1.165) is 34.8 Å². The summed E-state index contributed by atoms with van der Waals surface area (Å²) in [6, 6.07) is 2.22. The summed E-state index contributed by atoms with van der Waals surface area (Å²) in [5.74, 6) is 0.906. The molecule has 1 saturated carbocycles. The summed E-state index contributed by atoms with van der Waals surface area (Å²) in [7, 11) is 2.05. The minimum absolute atomic E-state index is 0.0854. The Morgan fingerprint density at radius 2 is 2.23 bits per heavy atom. The van der Waals surface area contributed by atoms with E-state index in [4.69, 9.17) is 4.98 Å². The summed E-state index contributed by atoms with van der Waals surface area (Å²) in [6.07, 6.45) is 3.73. The van der Waals surface area contributed by atoms with Crippen LogP contribution in [-0.2, 0) is 4.79 Å². The van der Waals surface area contributed by atoms with Crippen LogP contribution < -0.4 is 10.2 Å². The predicted molar refractivity (Wildman–Crippen MR) is 88.3 cm³/mol. The Bertz CT molecular complexity index is 766. The van der Waals surface area contributed by atoms with Gasteiger partial charge in [0.25, 0.3) is 0 Å². The number of carbonyl (C=O) groups is 1. The van der Waals surface area contributed by atoms with E-state index in [-0.39, 0.29) is 17.9 Å². The molecule has 6 heteroatoms. The molecule has 5 nitrogen and oxygen atoms in total. The normalized spacial score (nSPS) is 19.6. The molecule has 22 heavy (non-hydrogen) atoms. The molecule has 2 aliphatic rings. The minimum atomic E-state index is 0.0854. The lowest BCUT2D eigenvalue weighted by molar-refractivity contribution is -0.117. The van der Waals surface area contributed by atoms with E-state index in [9.17, 15) is 4.79 Å². The number of carbonyl (C=O) groups excluding carboxylic acids is 1. The maximum atomic E-state index is 12.1. The van der Waals surface area contributed by atoms with Crippen molar-refractivity contribution in [3.05, 3.63) is 22.1 Å². The first-order valence-electron chi connectivity index (χ1n) is 7.56. The molecule has 1 N–H and O–H groups in total. The van der Waals surface area contributed by atoms with Gasteiger partial charge in [-0.15, -0.1) is 11.3 Å². The Balaban J connectivity index is 1.83. The molecule has 114 valence electrons. The number of nitrogens with one attached hydrogen (secondary N) is 1. The van der Waals surface area contributed by atoms with Gasteiger partial charge in [0.05, 0.1) is 27.3 Å². The van der Waals surface area contributed by atoms with Crippen molar-refractivity contribution < 1.29 is 4.79 Å². The number of fused-ring (bicyclic) bond motifs is 3. The largest absolute Gasteiger partial charge is 0.363 e. The quantitative estimate of drug-likeness (QED) is 0.923. The topological polar surface area (TPSA) is 58.1 Å². The molecular formula is C16H18N4OS. The number of aromatic nitrogens is 2. The van der Waals surface area contributed by atoms with E-state index in [2.05, 4.69) is 29.2 Å². The number of thiazole rings is 1. The lowest BCUT2D eigenvalue weighted by Gasteiger charge is -2.34. The van der Waals surface area contributed by atoms with Crippen LogP contribution in [0.5, 0.6) is 0 Å². The van der Waals surface area contributed by atoms with E-state index in [1.807, 2.05) is 13.0 Å². The fourth-order valence-electron chi connectivity index (χ4n) is 2.95. The smallest absolute Gasteiger partial charge is 0.228 e.